The number of para-hydroxylation sites is 1. The third kappa shape index (κ3) is 11.8. The van der Waals surface area contributed by atoms with E-state index in [4.69, 9.17) is 4.74 Å². The van der Waals surface area contributed by atoms with E-state index in [-0.39, 0.29) is 6.42 Å². The van der Waals surface area contributed by atoms with E-state index in [0.29, 0.717) is 12.3 Å². The number of piperidine rings is 1. The summed E-state index contributed by atoms with van der Waals surface area (Å²) in [6.45, 7) is 10.5. The average molecular weight is 634 g/mol. The molecule has 41 heavy (non-hydrogen) atoms. The molecule has 1 aliphatic heterocycles. The fourth-order valence-corrected chi connectivity index (χ4v) is 4.99. The molecule has 2 aromatic rings. The predicted molar refractivity (Wildman–Crippen MR) is 168 cm³/mol. The molecule has 1 atom stereocenters. The number of carboxylic acid groups (broad SMARTS) is 1. The number of ketones is 1. The number of likely N-dealkylation sites (tertiary alicyclic amines) is 1. The van der Waals surface area contributed by atoms with E-state index in [1.165, 1.54) is 37.3 Å². The molecule has 2 heterocycles. The van der Waals surface area contributed by atoms with Crippen LogP contribution >= 0.6 is 15.9 Å². The number of amides is 1. The molecule has 1 fully saturated rings. The lowest BCUT2D eigenvalue weighted by atomic mass is 9.94. The summed E-state index contributed by atoms with van der Waals surface area (Å²) in [5.41, 5.74) is 2.04. The highest BCUT2D eigenvalue weighted by molar-refractivity contribution is 9.08. The maximum Gasteiger partial charge on any atom is 0.408 e. The molecule has 1 amide bonds. The summed E-state index contributed by atoms with van der Waals surface area (Å²) in [6, 6.07) is 6.56. The van der Waals surface area contributed by atoms with Gasteiger partial charge in [0.05, 0.1) is 13.1 Å². The minimum Gasteiger partial charge on any atom is -0.480 e. The molecule has 4 N–H and O–H groups in total. The molecule has 0 bridgehead atoms. The van der Waals surface area contributed by atoms with Crippen LogP contribution in [0.2, 0.25) is 0 Å². The summed E-state index contributed by atoms with van der Waals surface area (Å²) >= 11 is 2.94. The van der Waals surface area contributed by atoms with Gasteiger partial charge in [-0.05, 0) is 69.8 Å². The number of H-pyrrole nitrogens is 1. The molecule has 9 heteroatoms. The molecule has 1 aromatic heterocycles. The smallest absolute Gasteiger partial charge is 0.408 e. The van der Waals surface area contributed by atoms with Crippen molar-refractivity contribution < 1.29 is 29.1 Å². The van der Waals surface area contributed by atoms with Gasteiger partial charge in [-0.25, -0.2) is 9.59 Å². The highest BCUT2D eigenvalue weighted by atomic mass is 79.9. The number of aromatic nitrogens is 1. The number of hydrogen-bond acceptors (Lipinski definition) is 4. The van der Waals surface area contributed by atoms with Crippen molar-refractivity contribution in [3.8, 4) is 0 Å². The quantitative estimate of drug-likeness (QED) is 0.298. The van der Waals surface area contributed by atoms with E-state index >= 15 is 0 Å². The zero-order valence-corrected chi connectivity index (χ0v) is 26.7. The number of carbonyl (C=O) groups excluding carboxylic acids is 2. The van der Waals surface area contributed by atoms with Crippen molar-refractivity contribution in [1.82, 2.24) is 10.3 Å². The number of Topliss-reactive ketones (excluding diaryl/α,β-unsaturated/α-hetero) is 1. The van der Waals surface area contributed by atoms with Crippen LogP contribution in [0.1, 0.15) is 65.4 Å². The lowest BCUT2D eigenvalue weighted by Gasteiger charge is -2.28. The van der Waals surface area contributed by atoms with Gasteiger partial charge in [-0.2, -0.15) is 0 Å². The van der Waals surface area contributed by atoms with Gasteiger partial charge in [-0.3, -0.25) is 4.79 Å². The van der Waals surface area contributed by atoms with Crippen LogP contribution in [0.15, 0.2) is 54.3 Å². The van der Waals surface area contributed by atoms with Crippen LogP contribution in [0.4, 0.5) is 4.79 Å². The highest BCUT2D eigenvalue weighted by Gasteiger charge is 2.25. The molecule has 0 spiro atoms. The third-order valence-electron chi connectivity index (χ3n) is 7.21. The van der Waals surface area contributed by atoms with Crippen molar-refractivity contribution in [1.29, 1.82) is 0 Å². The number of allylic oxidation sites excluding steroid dienone is 3. The number of halogens is 1. The minimum absolute atomic E-state index is 0.179. The van der Waals surface area contributed by atoms with Crippen molar-refractivity contribution in [2.24, 2.45) is 5.92 Å². The van der Waals surface area contributed by atoms with Gasteiger partial charge >= 0.3 is 12.1 Å². The summed E-state index contributed by atoms with van der Waals surface area (Å²) in [5.74, 6) is 1.96. The zero-order chi connectivity index (χ0) is 30.4. The Morgan fingerprint density at radius 1 is 1.15 bits per heavy atom. The number of aromatic amines is 1. The minimum atomic E-state index is -1.10. The normalized spacial score (nSPS) is 19.0. The first-order valence-electron chi connectivity index (χ1n) is 14.4. The first-order chi connectivity index (χ1) is 19.6. The topological polar surface area (TPSA) is 113 Å². The molecule has 1 aliphatic carbocycles. The number of alkyl halides is 1. The van der Waals surface area contributed by atoms with Crippen LogP contribution in [0.25, 0.3) is 10.9 Å². The number of hydrogen-bond donors (Lipinski definition) is 4. The van der Waals surface area contributed by atoms with Crippen molar-refractivity contribution in [2.75, 3.05) is 25.5 Å². The molecule has 2 aliphatic rings. The van der Waals surface area contributed by atoms with Crippen LogP contribution in [0.3, 0.4) is 0 Å². The predicted octanol–water partition coefficient (Wildman–Crippen LogP) is 5.24. The van der Waals surface area contributed by atoms with Crippen LogP contribution in [-0.4, -0.2) is 65.0 Å². The molecule has 8 nitrogen and oxygen atoms in total. The summed E-state index contributed by atoms with van der Waals surface area (Å²) in [5, 5.41) is 12.7. The van der Waals surface area contributed by atoms with Gasteiger partial charge in [-0.1, -0.05) is 65.7 Å². The molecule has 4 rings (SSSR count). The Kier molecular flexibility index (Phi) is 14.3. The van der Waals surface area contributed by atoms with E-state index < -0.39 is 23.7 Å². The zero-order valence-electron chi connectivity index (χ0n) is 25.1. The van der Waals surface area contributed by atoms with Crippen LogP contribution in [0, 0.1) is 5.92 Å². The van der Waals surface area contributed by atoms with E-state index in [9.17, 15) is 19.5 Å². The van der Waals surface area contributed by atoms with Crippen LogP contribution < -0.4 is 10.2 Å². The maximum atomic E-state index is 12.1. The molecule has 226 valence electrons. The van der Waals surface area contributed by atoms with E-state index in [0.717, 1.165) is 40.8 Å². The number of benzene rings is 1. The van der Waals surface area contributed by atoms with Crippen molar-refractivity contribution in [3.63, 3.8) is 0 Å². The van der Waals surface area contributed by atoms with Crippen molar-refractivity contribution in [3.05, 3.63) is 59.8 Å². The monoisotopic (exact) mass is 632 g/mol. The Balaban J connectivity index is 0.000000278. The molecular formula is C32H47BrN3O5+. The fraction of sp³-hybridized carbons (Fsp3) is 0.531. The van der Waals surface area contributed by atoms with E-state index in [1.54, 1.807) is 27.0 Å². The molecule has 0 radical (unpaired) electrons. The fourth-order valence-electron chi connectivity index (χ4n) is 4.99. The number of aliphatic carboxylic acids is 1. The second kappa shape index (κ2) is 17.1. The number of alkyl carbamates (subject to hydrolysis) is 1. The van der Waals surface area contributed by atoms with Gasteiger partial charge in [0.15, 0.2) is 0 Å². The lowest BCUT2D eigenvalue weighted by molar-refractivity contribution is -0.898. The Morgan fingerprint density at radius 2 is 1.83 bits per heavy atom. The summed E-state index contributed by atoms with van der Waals surface area (Å²) in [4.78, 5) is 39.8. The second-order valence-corrected chi connectivity index (χ2v) is 11.4. The largest absolute Gasteiger partial charge is 0.480 e. The second-order valence-electron chi connectivity index (χ2n) is 11.4. The summed E-state index contributed by atoms with van der Waals surface area (Å²) in [7, 11) is 0. The summed E-state index contributed by atoms with van der Waals surface area (Å²) in [6.07, 6.45) is 13.4. The first-order valence-corrected chi connectivity index (χ1v) is 16.0. The molecule has 1 aromatic carbocycles. The Bertz CT molecular complexity index is 1190. The van der Waals surface area contributed by atoms with Gasteiger partial charge < -0.3 is 25.0 Å². The van der Waals surface area contributed by atoms with Crippen LogP contribution in [0.5, 0.6) is 0 Å². The number of carboxylic acids is 1. The average Bonchev–Trinajstić information content (AvgIpc) is 3.37. The van der Waals surface area contributed by atoms with Crippen molar-refractivity contribution in [2.45, 2.75) is 77.9 Å². The van der Waals surface area contributed by atoms with Crippen molar-refractivity contribution >= 4 is 44.7 Å². The van der Waals surface area contributed by atoms with Gasteiger partial charge in [-0.15, -0.1) is 0 Å². The number of rotatable bonds is 8. The molecular weight excluding hydrogens is 586 g/mol. The lowest BCUT2D eigenvalue weighted by Crippen LogP contribution is -3.14. The maximum absolute atomic E-state index is 12.1. The highest BCUT2D eigenvalue weighted by Crippen LogP contribution is 2.19. The number of fused-ring (bicyclic) bond motifs is 1. The number of carbonyl (C=O) groups is 3. The van der Waals surface area contributed by atoms with Gasteiger partial charge in [0.25, 0.3) is 0 Å². The summed E-state index contributed by atoms with van der Waals surface area (Å²) < 4.78 is 5.10. The number of ether oxygens (including phenoxy) is 1. The van der Waals surface area contributed by atoms with Gasteiger partial charge in [0.2, 0.25) is 5.78 Å². The number of quaternary nitrogens is 1. The van der Waals surface area contributed by atoms with E-state index in [2.05, 4.69) is 45.3 Å². The van der Waals surface area contributed by atoms with Gasteiger partial charge in [0, 0.05) is 29.1 Å². The Morgan fingerprint density at radius 3 is 2.41 bits per heavy atom. The van der Waals surface area contributed by atoms with Gasteiger partial charge in [0.1, 0.15) is 18.2 Å². The Labute approximate surface area is 252 Å². The standard InChI is InChI=1S/C16H20N2O4.C15H23NO.CH3Br/c1-16(2,3)22-15(21)18-13(14(19)20)8-10-9-17-12-7-5-4-6-11(10)12;1-2-13-8-10-16(11-9-13)12-15(17)14-6-4-3-5-7-14;1-2/h4-7,9,13,17H,8H2,1-3H3,(H,18,21)(H,19,20);4,6-7,13H,2-3,5,8-12H2,1H3;1H3/p+1. The SMILES string of the molecule is CBr.CC(C)(C)OC(=O)NC(Cc1c[nH]c2ccccc12)C(=O)O.CCC1CC[NH+](CC(=O)C2=CCCC=C2)CC1. The molecule has 0 saturated carbocycles. The first kappa shape index (κ1) is 34.3. The van der Waals surface area contributed by atoms with E-state index in [1.807, 2.05) is 36.2 Å². The molecule has 1 unspecified atom stereocenters. The van der Waals surface area contributed by atoms with Crippen LogP contribution in [-0.2, 0) is 20.7 Å². The number of nitrogens with one attached hydrogen (secondary N) is 3. The third-order valence-corrected chi connectivity index (χ3v) is 7.21. The molecule has 1 saturated heterocycles. The Hall–Kier alpha value is -2.91.